The zero-order valence-corrected chi connectivity index (χ0v) is 21.9. The van der Waals surface area contributed by atoms with Gasteiger partial charge in [0.1, 0.15) is 0 Å². The van der Waals surface area contributed by atoms with Gasteiger partial charge in [-0.3, -0.25) is 14.4 Å². The van der Waals surface area contributed by atoms with Crippen LogP contribution in [0.15, 0.2) is 53.1 Å². The number of rotatable bonds is 11. The van der Waals surface area contributed by atoms with Crippen LogP contribution in [0, 0.1) is 5.92 Å². The Labute approximate surface area is 220 Å². The van der Waals surface area contributed by atoms with Crippen molar-refractivity contribution in [3.8, 4) is 0 Å². The minimum Gasteiger partial charge on any atom is -0.432 e. The van der Waals surface area contributed by atoms with E-state index in [1.54, 1.807) is 54.3 Å². The summed E-state index contributed by atoms with van der Waals surface area (Å²) >= 11 is 0. The quantitative estimate of drug-likeness (QED) is 0.358. The third-order valence-corrected chi connectivity index (χ3v) is 7.94. The molecule has 38 heavy (non-hydrogen) atoms. The lowest BCUT2D eigenvalue weighted by molar-refractivity contribution is -0.139. The topological polar surface area (TPSA) is 149 Å². The first-order valence-corrected chi connectivity index (χ1v) is 14.2. The fraction of sp³-hybridized carbons (Fsp3) is 0.423. The minimum absolute atomic E-state index is 0.205. The molecule has 1 aliphatic rings. The molecule has 1 aromatic carbocycles. The molecule has 2 amide bonds. The molecule has 3 aromatic rings. The molecule has 1 N–H and O–H groups in total. The molecule has 0 spiro atoms. The predicted octanol–water partition coefficient (Wildman–Crippen LogP) is 1.78. The number of sulfone groups is 1. The first kappa shape index (κ1) is 27.4. The standard InChI is InChI=1S/C26H30N4O7S/c1-2-20(23(32)26-29-24-21(37-26)9-6-10-27-24)28-25(33)19(15-22(31)30-11-13-36-14-12-30)17-38(34,35)16-18-7-4-3-5-8-18/h3-10,19-20H,2,11-17H2,1H3,(H,28,33)/t19?,20-/m0/s1. The highest BCUT2D eigenvalue weighted by Crippen LogP contribution is 2.18. The Morgan fingerprint density at radius 3 is 2.50 bits per heavy atom. The molecule has 0 saturated carbocycles. The number of hydrogen-bond donors (Lipinski definition) is 1. The summed E-state index contributed by atoms with van der Waals surface area (Å²) in [4.78, 5) is 49.1. The number of ether oxygens (including phenoxy) is 1. The Kier molecular flexibility index (Phi) is 8.85. The number of carbonyl (C=O) groups is 3. The normalized spacial score (nSPS) is 15.7. The van der Waals surface area contributed by atoms with Gasteiger partial charge in [0.15, 0.2) is 21.1 Å². The highest BCUT2D eigenvalue weighted by Gasteiger charge is 2.33. The van der Waals surface area contributed by atoms with Gasteiger partial charge in [0.25, 0.3) is 5.89 Å². The number of Topliss-reactive ketones (excluding diaryl/α,β-unsaturated/α-hetero) is 1. The first-order chi connectivity index (χ1) is 18.3. The molecule has 1 fully saturated rings. The van der Waals surface area contributed by atoms with Gasteiger partial charge in [-0.25, -0.2) is 13.4 Å². The van der Waals surface area contributed by atoms with Crippen molar-refractivity contribution in [1.82, 2.24) is 20.2 Å². The van der Waals surface area contributed by atoms with Gasteiger partial charge in [0.2, 0.25) is 17.6 Å². The number of pyridine rings is 1. The molecule has 0 bridgehead atoms. The molecule has 1 aliphatic heterocycles. The van der Waals surface area contributed by atoms with E-state index in [4.69, 9.17) is 9.15 Å². The third-order valence-electron chi connectivity index (χ3n) is 6.26. The zero-order chi connectivity index (χ0) is 27.1. The highest BCUT2D eigenvalue weighted by molar-refractivity contribution is 7.90. The molecule has 1 saturated heterocycles. The number of nitrogens with one attached hydrogen (secondary N) is 1. The summed E-state index contributed by atoms with van der Waals surface area (Å²) in [6.07, 6.45) is 1.42. The van der Waals surface area contributed by atoms with Gasteiger partial charge < -0.3 is 19.4 Å². The van der Waals surface area contributed by atoms with Gasteiger partial charge in [-0.05, 0) is 24.1 Å². The third kappa shape index (κ3) is 7.01. The average Bonchev–Trinajstić information content (AvgIpc) is 3.36. The van der Waals surface area contributed by atoms with Gasteiger partial charge >= 0.3 is 0 Å². The second-order valence-corrected chi connectivity index (χ2v) is 11.2. The van der Waals surface area contributed by atoms with Crippen molar-refractivity contribution in [2.45, 2.75) is 31.6 Å². The van der Waals surface area contributed by atoms with Crippen molar-refractivity contribution >= 4 is 38.7 Å². The lowest BCUT2D eigenvalue weighted by atomic mass is 10.0. The van der Waals surface area contributed by atoms with Gasteiger partial charge in [0, 0.05) is 25.7 Å². The van der Waals surface area contributed by atoms with Crippen molar-refractivity contribution < 1.29 is 32.0 Å². The van der Waals surface area contributed by atoms with Gasteiger partial charge in [0.05, 0.1) is 36.7 Å². The Morgan fingerprint density at radius 1 is 1.08 bits per heavy atom. The van der Waals surface area contributed by atoms with Crippen LogP contribution in [0.25, 0.3) is 11.2 Å². The van der Waals surface area contributed by atoms with Crippen molar-refractivity contribution in [3.05, 3.63) is 60.1 Å². The van der Waals surface area contributed by atoms with E-state index >= 15 is 0 Å². The smallest absolute Gasteiger partial charge is 0.268 e. The molecule has 2 atom stereocenters. The van der Waals surface area contributed by atoms with Crippen molar-refractivity contribution in [2.24, 2.45) is 5.92 Å². The molecule has 202 valence electrons. The lowest BCUT2D eigenvalue weighted by Gasteiger charge is -2.28. The minimum atomic E-state index is -3.77. The average molecular weight is 543 g/mol. The molecule has 12 heteroatoms. The summed E-state index contributed by atoms with van der Waals surface area (Å²) in [6, 6.07) is 10.9. The van der Waals surface area contributed by atoms with Crippen LogP contribution in [0.4, 0.5) is 0 Å². The molecule has 11 nitrogen and oxygen atoms in total. The Balaban J connectivity index is 1.51. The molecule has 3 heterocycles. The van der Waals surface area contributed by atoms with Gasteiger partial charge in [-0.2, -0.15) is 4.98 Å². The maximum Gasteiger partial charge on any atom is 0.268 e. The van der Waals surface area contributed by atoms with E-state index in [-0.39, 0.29) is 36.0 Å². The van der Waals surface area contributed by atoms with E-state index in [0.717, 1.165) is 0 Å². The second-order valence-electron chi connectivity index (χ2n) is 9.11. The number of oxazole rings is 1. The van der Waals surface area contributed by atoms with Crippen molar-refractivity contribution in [3.63, 3.8) is 0 Å². The van der Waals surface area contributed by atoms with Crippen LogP contribution < -0.4 is 5.32 Å². The van der Waals surface area contributed by atoms with Crippen LogP contribution in [-0.4, -0.2) is 79.0 Å². The van der Waals surface area contributed by atoms with E-state index in [1.165, 1.54) is 6.20 Å². The summed E-state index contributed by atoms with van der Waals surface area (Å²) in [5.41, 5.74) is 1.17. The van der Waals surface area contributed by atoms with Crippen LogP contribution >= 0.6 is 0 Å². The summed E-state index contributed by atoms with van der Waals surface area (Å²) in [5.74, 6) is -3.80. The number of carbonyl (C=O) groups excluding carboxylic acids is 3. The van der Waals surface area contributed by atoms with Crippen LogP contribution in [-0.2, 0) is 29.9 Å². The Hall–Kier alpha value is -3.64. The van der Waals surface area contributed by atoms with Crippen LogP contribution in [0.1, 0.15) is 36.0 Å². The number of fused-ring (bicyclic) bond motifs is 1. The van der Waals surface area contributed by atoms with E-state index in [0.29, 0.717) is 37.4 Å². The number of nitrogens with zero attached hydrogens (tertiary/aromatic N) is 3. The highest BCUT2D eigenvalue weighted by atomic mass is 32.2. The van der Waals surface area contributed by atoms with E-state index < -0.39 is 39.2 Å². The molecular weight excluding hydrogens is 512 g/mol. The number of morpholine rings is 1. The molecule has 4 rings (SSSR count). The monoisotopic (exact) mass is 542 g/mol. The SMILES string of the molecule is CC[C@H](NC(=O)C(CC(=O)N1CCOCC1)CS(=O)(=O)Cc1ccccc1)C(=O)c1nc2ncccc2o1. The van der Waals surface area contributed by atoms with Crippen molar-refractivity contribution in [2.75, 3.05) is 32.1 Å². The maximum absolute atomic E-state index is 13.4. The Bertz CT molecular complexity index is 1350. The zero-order valence-electron chi connectivity index (χ0n) is 21.0. The lowest BCUT2D eigenvalue weighted by Crippen LogP contribution is -2.47. The fourth-order valence-corrected chi connectivity index (χ4v) is 5.94. The largest absolute Gasteiger partial charge is 0.432 e. The van der Waals surface area contributed by atoms with E-state index in [1.807, 2.05) is 0 Å². The van der Waals surface area contributed by atoms with Gasteiger partial charge in [-0.15, -0.1) is 0 Å². The maximum atomic E-state index is 13.4. The first-order valence-electron chi connectivity index (χ1n) is 12.4. The molecule has 0 radical (unpaired) electrons. The Morgan fingerprint density at radius 2 is 1.82 bits per heavy atom. The summed E-state index contributed by atoms with van der Waals surface area (Å²) in [7, 11) is -3.77. The van der Waals surface area contributed by atoms with E-state index in [2.05, 4.69) is 15.3 Å². The number of aromatic nitrogens is 2. The number of hydrogen-bond acceptors (Lipinski definition) is 9. The molecule has 2 aromatic heterocycles. The summed E-state index contributed by atoms with van der Waals surface area (Å²) in [6.45, 7) is 3.18. The van der Waals surface area contributed by atoms with Crippen LogP contribution in [0.5, 0.6) is 0 Å². The number of benzene rings is 1. The molecular formula is C26H30N4O7S. The predicted molar refractivity (Wildman–Crippen MR) is 138 cm³/mol. The molecule has 1 unspecified atom stereocenters. The van der Waals surface area contributed by atoms with Crippen LogP contribution in [0.3, 0.4) is 0 Å². The fourth-order valence-electron chi connectivity index (χ4n) is 4.24. The van der Waals surface area contributed by atoms with Crippen LogP contribution in [0.2, 0.25) is 0 Å². The van der Waals surface area contributed by atoms with Gasteiger partial charge in [-0.1, -0.05) is 37.3 Å². The van der Waals surface area contributed by atoms with E-state index in [9.17, 15) is 22.8 Å². The van der Waals surface area contributed by atoms with Crippen molar-refractivity contribution in [1.29, 1.82) is 0 Å². The summed E-state index contributed by atoms with van der Waals surface area (Å²) in [5, 5.41) is 2.64. The number of ketones is 1. The second kappa shape index (κ2) is 12.3. The summed E-state index contributed by atoms with van der Waals surface area (Å²) < 4.78 is 36.9. The number of amides is 2. The molecule has 0 aliphatic carbocycles.